The number of halogens is 1. The molecule has 0 amide bonds. The van der Waals surface area contributed by atoms with Crippen LogP contribution in [0, 0.1) is 0 Å². The van der Waals surface area contributed by atoms with Crippen molar-refractivity contribution in [3.8, 4) is 0 Å². The van der Waals surface area contributed by atoms with E-state index in [9.17, 15) is 0 Å². The SMILES string of the molecule is Clc1cc([C@@H]2CN=CO2)ccn1. The number of hydrogen-bond donors (Lipinski definition) is 0. The topological polar surface area (TPSA) is 34.5 Å². The Hall–Kier alpha value is -1.09. The Balaban J connectivity index is 2.22. The first-order valence-corrected chi connectivity index (χ1v) is 3.99. The molecule has 2 rings (SSSR count). The van der Waals surface area contributed by atoms with Crippen LogP contribution in [0.4, 0.5) is 0 Å². The third-order valence-corrected chi connectivity index (χ3v) is 1.90. The van der Waals surface area contributed by atoms with Gasteiger partial charge in [-0.05, 0) is 17.7 Å². The van der Waals surface area contributed by atoms with E-state index in [1.165, 1.54) is 6.40 Å². The van der Waals surface area contributed by atoms with Gasteiger partial charge < -0.3 is 4.74 Å². The van der Waals surface area contributed by atoms with E-state index in [0.29, 0.717) is 11.7 Å². The molecule has 0 spiro atoms. The summed E-state index contributed by atoms with van der Waals surface area (Å²) >= 11 is 5.72. The number of pyridine rings is 1. The molecule has 3 nitrogen and oxygen atoms in total. The summed E-state index contributed by atoms with van der Waals surface area (Å²) < 4.78 is 5.22. The standard InChI is InChI=1S/C8H7ClN2O/c9-8-3-6(1-2-11-8)7-4-10-5-12-7/h1-3,5,7H,4H2/t7-/m0/s1. The van der Waals surface area contributed by atoms with Crippen molar-refractivity contribution in [1.82, 2.24) is 4.98 Å². The average Bonchev–Trinajstić information content (AvgIpc) is 2.56. The smallest absolute Gasteiger partial charge is 0.170 e. The van der Waals surface area contributed by atoms with Crippen LogP contribution in [0.15, 0.2) is 23.3 Å². The zero-order valence-electron chi connectivity index (χ0n) is 6.27. The molecule has 2 heterocycles. The molecule has 1 atom stereocenters. The second-order valence-corrected chi connectivity index (χ2v) is 2.89. The maximum absolute atomic E-state index is 5.72. The molecule has 0 bridgehead atoms. The highest BCUT2D eigenvalue weighted by atomic mass is 35.5. The van der Waals surface area contributed by atoms with Gasteiger partial charge in [-0.2, -0.15) is 0 Å². The molecule has 0 saturated carbocycles. The molecule has 1 aliphatic heterocycles. The van der Waals surface area contributed by atoms with Gasteiger partial charge in [0.15, 0.2) is 6.40 Å². The molecular formula is C8H7ClN2O. The molecule has 62 valence electrons. The van der Waals surface area contributed by atoms with E-state index in [2.05, 4.69) is 9.98 Å². The Bertz CT molecular complexity index is 306. The summed E-state index contributed by atoms with van der Waals surface area (Å²) in [5.74, 6) is 0. The Labute approximate surface area is 75.1 Å². The van der Waals surface area contributed by atoms with Crippen molar-refractivity contribution < 1.29 is 4.74 Å². The second kappa shape index (κ2) is 3.11. The predicted octanol–water partition coefficient (Wildman–Crippen LogP) is 1.83. The first-order chi connectivity index (χ1) is 5.86. The summed E-state index contributed by atoms with van der Waals surface area (Å²) in [7, 11) is 0. The van der Waals surface area contributed by atoms with Crippen molar-refractivity contribution in [1.29, 1.82) is 0 Å². The minimum atomic E-state index is 0.0190. The molecular weight excluding hydrogens is 176 g/mol. The van der Waals surface area contributed by atoms with Crippen LogP contribution in [0.3, 0.4) is 0 Å². The fourth-order valence-corrected chi connectivity index (χ4v) is 1.28. The van der Waals surface area contributed by atoms with Gasteiger partial charge in [-0.3, -0.25) is 4.99 Å². The van der Waals surface area contributed by atoms with Crippen LogP contribution in [0.1, 0.15) is 11.7 Å². The van der Waals surface area contributed by atoms with Crippen LogP contribution >= 0.6 is 11.6 Å². The van der Waals surface area contributed by atoms with Crippen LogP contribution in [-0.4, -0.2) is 17.9 Å². The lowest BCUT2D eigenvalue weighted by Gasteiger charge is -2.07. The quantitative estimate of drug-likeness (QED) is 0.621. The van der Waals surface area contributed by atoms with Crippen molar-refractivity contribution in [2.24, 2.45) is 4.99 Å². The van der Waals surface area contributed by atoms with E-state index in [4.69, 9.17) is 16.3 Å². The Morgan fingerprint density at radius 2 is 2.50 bits per heavy atom. The van der Waals surface area contributed by atoms with Crippen molar-refractivity contribution in [3.05, 3.63) is 29.0 Å². The molecule has 0 saturated heterocycles. The number of ether oxygens (including phenoxy) is 1. The van der Waals surface area contributed by atoms with Gasteiger partial charge >= 0.3 is 0 Å². The zero-order valence-corrected chi connectivity index (χ0v) is 7.03. The van der Waals surface area contributed by atoms with Gasteiger partial charge in [0.25, 0.3) is 0 Å². The van der Waals surface area contributed by atoms with E-state index >= 15 is 0 Å². The van der Waals surface area contributed by atoms with Crippen molar-refractivity contribution in [2.45, 2.75) is 6.10 Å². The maximum atomic E-state index is 5.72. The van der Waals surface area contributed by atoms with Crippen LogP contribution in [0.2, 0.25) is 5.15 Å². The third kappa shape index (κ3) is 1.41. The molecule has 0 fully saturated rings. The van der Waals surface area contributed by atoms with Gasteiger partial charge in [0.05, 0.1) is 6.54 Å². The molecule has 0 aliphatic carbocycles. The number of rotatable bonds is 1. The lowest BCUT2D eigenvalue weighted by atomic mass is 10.1. The summed E-state index contributed by atoms with van der Waals surface area (Å²) in [6.07, 6.45) is 3.16. The average molecular weight is 183 g/mol. The van der Waals surface area contributed by atoms with E-state index in [1.54, 1.807) is 12.3 Å². The molecule has 0 aromatic carbocycles. The molecule has 1 aromatic heterocycles. The van der Waals surface area contributed by atoms with Gasteiger partial charge in [-0.1, -0.05) is 11.6 Å². The van der Waals surface area contributed by atoms with Gasteiger partial charge in [0.2, 0.25) is 0 Å². The van der Waals surface area contributed by atoms with Crippen LogP contribution < -0.4 is 0 Å². The summed E-state index contributed by atoms with van der Waals surface area (Å²) in [6.45, 7) is 0.667. The van der Waals surface area contributed by atoms with Crippen molar-refractivity contribution >= 4 is 18.0 Å². The minimum absolute atomic E-state index is 0.0190. The molecule has 1 aromatic rings. The lowest BCUT2D eigenvalue weighted by molar-refractivity contribution is 0.240. The van der Waals surface area contributed by atoms with Gasteiger partial charge in [0.1, 0.15) is 11.3 Å². The molecule has 0 radical (unpaired) electrons. The molecule has 0 unspecified atom stereocenters. The van der Waals surface area contributed by atoms with Crippen LogP contribution in [0.5, 0.6) is 0 Å². The number of nitrogens with zero attached hydrogens (tertiary/aromatic N) is 2. The van der Waals surface area contributed by atoms with Gasteiger partial charge in [-0.15, -0.1) is 0 Å². The monoisotopic (exact) mass is 182 g/mol. The Morgan fingerprint density at radius 1 is 1.58 bits per heavy atom. The third-order valence-electron chi connectivity index (χ3n) is 1.69. The summed E-state index contributed by atoms with van der Waals surface area (Å²) in [4.78, 5) is 7.84. The van der Waals surface area contributed by atoms with Gasteiger partial charge in [0, 0.05) is 6.20 Å². The lowest BCUT2D eigenvalue weighted by Crippen LogP contribution is -2.00. The summed E-state index contributed by atoms with van der Waals surface area (Å²) in [6, 6.07) is 3.67. The first-order valence-electron chi connectivity index (χ1n) is 3.61. The fourth-order valence-electron chi connectivity index (χ4n) is 1.10. The first kappa shape index (κ1) is 7.55. The number of aliphatic imine (C=N–C) groups is 1. The predicted molar refractivity (Wildman–Crippen MR) is 46.4 cm³/mol. The van der Waals surface area contributed by atoms with E-state index < -0.39 is 0 Å². The molecule has 12 heavy (non-hydrogen) atoms. The number of hydrogen-bond acceptors (Lipinski definition) is 3. The molecule has 4 heteroatoms. The van der Waals surface area contributed by atoms with Crippen LogP contribution in [-0.2, 0) is 4.74 Å². The van der Waals surface area contributed by atoms with E-state index in [-0.39, 0.29) is 6.10 Å². The van der Waals surface area contributed by atoms with Crippen molar-refractivity contribution in [2.75, 3.05) is 6.54 Å². The minimum Gasteiger partial charge on any atom is -0.474 e. The number of aromatic nitrogens is 1. The maximum Gasteiger partial charge on any atom is 0.170 e. The highest BCUT2D eigenvalue weighted by molar-refractivity contribution is 6.29. The van der Waals surface area contributed by atoms with Crippen molar-refractivity contribution in [3.63, 3.8) is 0 Å². The Morgan fingerprint density at radius 3 is 3.17 bits per heavy atom. The van der Waals surface area contributed by atoms with E-state index in [1.807, 2.05) is 6.07 Å². The zero-order chi connectivity index (χ0) is 8.39. The fraction of sp³-hybridized carbons (Fsp3) is 0.250. The highest BCUT2D eigenvalue weighted by Crippen LogP contribution is 2.21. The van der Waals surface area contributed by atoms with E-state index in [0.717, 1.165) is 5.56 Å². The normalized spacial score (nSPS) is 20.9. The molecule has 0 N–H and O–H groups in total. The van der Waals surface area contributed by atoms with Crippen LogP contribution in [0.25, 0.3) is 0 Å². The summed E-state index contributed by atoms with van der Waals surface area (Å²) in [5.41, 5.74) is 1.02. The summed E-state index contributed by atoms with van der Waals surface area (Å²) in [5, 5.41) is 0.489. The largest absolute Gasteiger partial charge is 0.474 e. The second-order valence-electron chi connectivity index (χ2n) is 2.51. The highest BCUT2D eigenvalue weighted by Gasteiger charge is 2.14. The Kier molecular flexibility index (Phi) is 1.96. The van der Waals surface area contributed by atoms with Gasteiger partial charge in [-0.25, -0.2) is 4.98 Å². The molecule has 1 aliphatic rings.